The Bertz CT molecular complexity index is 428. The van der Waals surface area contributed by atoms with Crippen molar-refractivity contribution in [2.24, 2.45) is 5.92 Å². The van der Waals surface area contributed by atoms with Crippen LogP contribution in [0.15, 0.2) is 22.8 Å². The van der Waals surface area contributed by atoms with Gasteiger partial charge in [-0.05, 0) is 24.5 Å². The Kier molecular flexibility index (Phi) is 6.74. The first-order valence-electron chi connectivity index (χ1n) is 8.03. The molecule has 0 saturated carbocycles. The van der Waals surface area contributed by atoms with Gasteiger partial charge in [-0.15, -0.1) is 0 Å². The van der Waals surface area contributed by atoms with Crippen LogP contribution in [0.25, 0.3) is 0 Å². The Labute approximate surface area is 132 Å². The lowest BCUT2D eigenvalue weighted by Gasteiger charge is -2.33. The monoisotopic (exact) mass is 309 g/mol. The van der Waals surface area contributed by atoms with Crippen molar-refractivity contribution in [1.82, 2.24) is 15.5 Å². The first-order chi connectivity index (χ1) is 10.7. The molecule has 1 fully saturated rings. The van der Waals surface area contributed by atoms with Gasteiger partial charge in [0.25, 0.3) is 0 Å². The maximum Gasteiger partial charge on any atom is 0.314 e. The van der Waals surface area contributed by atoms with Gasteiger partial charge in [-0.1, -0.05) is 13.8 Å². The van der Waals surface area contributed by atoms with Crippen LogP contribution in [0.4, 0.5) is 4.79 Å². The Morgan fingerprint density at radius 3 is 2.73 bits per heavy atom. The zero-order valence-electron chi connectivity index (χ0n) is 13.5. The molecular weight excluding hydrogens is 282 g/mol. The van der Waals surface area contributed by atoms with E-state index in [1.807, 2.05) is 12.1 Å². The highest BCUT2D eigenvalue weighted by atomic mass is 16.5. The SMILES string of the molecule is CC(C)CCNC(=O)NCC(c1ccco1)N1CCOCC1. The summed E-state index contributed by atoms with van der Waals surface area (Å²) in [6.45, 7) is 8.66. The lowest BCUT2D eigenvalue weighted by Crippen LogP contribution is -2.45. The van der Waals surface area contributed by atoms with E-state index in [-0.39, 0.29) is 12.1 Å². The minimum Gasteiger partial charge on any atom is -0.468 e. The summed E-state index contributed by atoms with van der Waals surface area (Å²) in [5, 5.41) is 5.84. The van der Waals surface area contributed by atoms with Crippen molar-refractivity contribution in [1.29, 1.82) is 0 Å². The molecule has 1 saturated heterocycles. The van der Waals surface area contributed by atoms with Crippen molar-refractivity contribution in [3.8, 4) is 0 Å². The van der Waals surface area contributed by atoms with Crippen LogP contribution in [0.3, 0.4) is 0 Å². The average molecular weight is 309 g/mol. The minimum absolute atomic E-state index is 0.0507. The molecule has 6 nitrogen and oxygen atoms in total. The molecule has 2 heterocycles. The number of nitrogens with zero attached hydrogens (tertiary/aromatic N) is 1. The number of furan rings is 1. The van der Waals surface area contributed by atoms with Gasteiger partial charge < -0.3 is 19.8 Å². The van der Waals surface area contributed by atoms with E-state index in [0.717, 1.165) is 38.5 Å². The van der Waals surface area contributed by atoms with Crippen LogP contribution < -0.4 is 10.6 Å². The van der Waals surface area contributed by atoms with Gasteiger partial charge in [0, 0.05) is 26.2 Å². The standard InChI is InChI=1S/C16H27N3O3/c1-13(2)5-6-17-16(20)18-12-14(15-4-3-9-22-15)19-7-10-21-11-8-19/h3-4,9,13-14H,5-8,10-12H2,1-2H3,(H2,17,18,20). The number of hydrogen-bond donors (Lipinski definition) is 2. The van der Waals surface area contributed by atoms with Crippen molar-refractivity contribution in [2.45, 2.75) is 26.3 Å². The van der Waals surface area contributed by atoms with E-state index in [1.165, 1.54) is 0 Å². The van der Waals surface area contributed by atoms with Gasteiger partial charge in [0.15, 0.2) is 0 Å². The predicted molar refractivity (Wildman–Crippen MR) is 84.7 cm³/mol. The molecule has 1 unspecified atom stereocenters. The van der Waals surface area contributed by atoms with E-state index < -0.39 is 0 Å². The second-order valence-electron chi connectivity index (χ2n) is 6.00. The summed E-state index contributed by atoms with van der Waals surface area (Å²) in [5.74, 6) is 1.47. The summed E-state index contributed by atoms with van der Waals surface area (Å²) in [5.41, 5.74) is 0. The normalized spacial score (nSPS) is 17.4. The molecule has 0 radical (unpaired) electrons. The summed E-state index contributed by atoms with van der Waals surface area (Å²) in [7, 11) is 0. The van der Waals surface area contributed by atoms with E-state index in [9.17, 15) is 4.79 Å². The topological polar surface area (TPSA) is 66.7 Å². The van der Waals surface area contributed by atoms with Crippen LogP contribution >= 0.6 is 0 Å². The zero-order valence-corrected chi connectivity index (χ0v) is 13.5. The molecule has 2 N–H and O–H groups in total. The highest BCUT2D eigenvalue weighted by molar-refractivity contribution is 5.73. The number of nitrogens with one attached hydrogen (secondary N) is 2. The predicted octanol–water partition coefficient (Wildman–Crippen LogP) is 2.00. The van der Waals surface area contributed by atoms with Crippen LogP contribution in [0, 0.1) is 5.92 Å². The number of urea groups is 1. The molecule has 22 heavy (non-hydrogen) atoms. The van der Waals surface area contributed by atoms with Crippen LogP contribution in [-0.4, -0.2) is 50.3 Å². The Morgan fingerprint density at radius 2 is 2.09 bits per heavy atom. The Hall–Kier alpha value is -1.53. The van der Waals surface area contributed by atoms with Crippen molar-refractivity contribution in [3.05, 3.63) is 24.2 Å². The van der Waals surface area contributed by atoms with Crippen LogP contribution in [0.2, 0.25) is 0 Å². The summed E-state index contributed by atoms with van der Waals surface area (Å²) in [6.07, 6.45) is 2.66. The molecule has 1 aliphatic heterocycles. The summed E-state index contributed by atoms with van der Waals surface area (Å²) in [4.78, 5) is 14.2. The molecule has 0 bridgehead atoms. The average Bonchev–Trinajstić information content (AvgIpc) is 3.02. The van der Waals surface area contributed by atoms with Crippen LogP contribution in [0.5, 0.6) is 0 Å². The third kappa shape index (κ3) is 5.35. The number of carbonyl (C=O) groups is 1. The molecule has 1 aromatic rings. The van der Waals surface area contributed by atoms with E-state index in [2.05, 4.69) is 29.4 Å². The molecule has 124 valence electrons. The van der Waals surface area contributed by atoms with Crippen LogP contribution in [-0.2, 0) is 4.74 Å². The molecule has 2 rings (SSSR count). The molecule has 1 aromatic heterocycles. The number of hydrogen-bond acceptors (Lipinski definition) is 4. The quantitative estimate of drug-likeness (QED) is 0.808. The zero-order chi connectivity index (χ0) is 15.8. The van der Waals surface area contributed by atoms with Crippen molar-refractivity contribution in [2.75, 3.05) is 39.4 Å². The Morgan fingerprint density at radius 1 is 1.32 bits per heavy atom. The molecule has 0 spiro atoms. The molecule has 0 aliphatic carbocycles. The molecule has 0 aromatic carbocycles. The highest BCUT2D eigenvalue weighted by Crippen LogP contribution is 2.21. The van der Waals surface area contributed by atoms with E-state index >= 15 is 0 Å². The molecule has 1 atom stereocenters. The molecule has 2 amide bonds. The van der Waals surface area contributed by atoms with Gasteiger partial charge in [-0.2, -0.15) is 0 Å². The van der Waals surface area contributed by atoms with Gasteiger partial charge >= 0.3 is 6.03 Å². The fraction of sp³-hybridized carbons (Fsp3) is 0.688. The van der Waals surface area contributed by atoms with Crippen molar-refractivity contribution >= 4 is 6.03 Å². The lowest BCUT2D eigenvalue weighted by atomic mass is 10.1. The molecule has 6 heteroatoms. The summed E-state index contributed by atoms with van der Waals surface area (Å²) >= 11 is 0. The first-order valence-corrected chi connectivity index (χ1v) is 8.03. The van der Waals surface area contributed by atoms with Gasteiger partial charge in [-0.3, -0.25) is 4.90 Å². The number of rotatable bonds is 7. The largest absolute Gasteiger partial charge is 0.468 e. The smallest absolute Gasteiger partial charge is 0.314 e. The highest BCUT2D eigenvalue weighted by Gasteiger charge is 2.25. The van der Waals surface area contributed by atoms with Gasteiger partial charge in [0.05, 0.1) is 25.5 Å². The third-order valence-corrected chi connectivity index (χ3v) is 3.82. The van der Waals surface area contributed by atoms with E-state index in [4.69, 9.17) is 9.15 Å². The first kappa shape index (κ1) is 16.8. The van der Waals surface area contributed by atoms with Crippen molar-refractivity contribution in [3.63, 3.8) is 0 Å². The second kappa shape index (κ2) is 8.80. The fourth-order valence-corrected chi connectivity index (χ4v) is 2.51. The number of ether oxygens (including phenoxy) is 1. The third-order valence-electron chi connectivity index (χ3n) is 3.82. The van der Waals surface area contributed by atoms with E-state index in [1.54, 1.807) is 6.26 Å². The Balaban J connectivity index is 1.83. The van der Waals surface area contributed by atoms with Crippen molar-refractivity contribution < 1.29 is 13.9 Å². The fourth-order valence-electron chi connectivity index (χ4n) is 2.51. The van der Waals surface area contributed by atoms with Gasteiger partial charge in [-0.25, -0.2) is 4.79 Å². The minimum atomic E-state index is -0.120. The maximum absolute atomic E-state index is 11.9. The van der Waals surface area contributed by atoms with Gasteiger partial charge in [0.2, 0.25) is 0 Å². The van der Waals surface area contributed by atoms with Gasteiger partial charge in [0.1, 0.15) is 5.76 Å². The molecule has 1 aliphatic rings. The number of carbonyl (C=O) groups excluding carboxylic acids is 1. The summed E-state index contributed by atoms with van der Waals surface area (Å²) < 4.78 is 10.9. The summed E-state index contributed by atoms with van der Waals surface area (Å²) in [6, 6.07) is 3.77. The maximum atomic E-state index is 11.9. The number of morpholine rings is 1. The lowest BCUT2D eigenvalue weighted by molar-refractivity contribution is 0.0123. The molecular formula is C16H27N3O3. The number of amides is 2. The van der Waals surface area contributed by atoms with E-state index in [0.29, 0.717) is 19.0 Å². The van der Waals surface area contributed by atoms with Crippen LogP contribution in [0.1, 0.15) is 32.1 Å². The second-order valence-corrected chi connectivity index (χ2v) is 6.00.